The second-order valence-corrected chi connectivity index (χ2v) is 9.84. The molecule has 1 N–H and O–H groups in total. The number of fused-ring (bicyclic) bond motifs is 2. The number of amides is 1. The van der Waals surface area contributed by atoms with Crippen LogP contribution in [0, 0.1) is 0 Å². The zero-order valence-corrected chi connectivity index (χ0v) is 16.9. The molecule has 2 aromatic carbocycles. The molecule has 6 heteroatoms. The first-order valence-electron chi connectivity index (χ1n) is 9.82. The molecule has 0 aromatic heterocycles. The number of nitrogens with zero attached hydrogens (tertiary/aromatic N) is 1. The van der Waals surface area contributed by atoms with Crippen molar-refractivity contribution in [2.75, 3.05) is 6.26 Å². The van der Waals surface area contributed by atoms with Gasteiger partial charge in [0.15, 0.2) is 0 Å². The highest BCUT2D eigenvalue weighted by molar-refractivity contribution is 7.88. The lowest BCUT2D eigenvalue weighted by atomic mass is 9.99. The SMILES string of the molecule is CS(=O)(=O)N1C2CCC1CC(NC(=O)Cc1ccc(-c3ccccc3)cc1)C2. The van der Waals surface area contributed by atoms with E-state index < -0.39 is 10.0 Å². The van der Waals surface area contributed by atoms with E-state index in [1.54, 1.807) is 4.31 Å². The summed E-state index contributed by atoms with van der Waals surface area (Å²) in [6.07, 6.45) is 4.84. The average Bonchev–Trinajstić information content (AvgIpc) is 2.95. The fraction of sp³-hybridized carbons (Fsp3) is 0.409. The van der Waals surface area contributed by atoms with Gasteiger partial charge >= 0.3 is 0 Å². The van der Waals surface area contributed by atoms with Crippen LogP contribution in [0.3, 0.4) is 0 Å². The van der Waals surface area contributed by atoms with Crippen molar-refractivity contribution in [3.8, 4) is 11.1 Å². The Kier molecular flexibility index (Phi) is 5.25. The summed E-state index contributed by atoms with van der Waals surface area (Å²) in [5.74, 6) is 0.00432. The summed E-state index contributed by atoms with van der Waals surface area (Å²) in [5.41, 5.74) is 3.27. The number of sulfonamides is 1. The van der Waals surface area contributed by atoms with Crippen molar-refractivity contribution < 1.29 is 13.2 Å². The van der Waals surface area contributed by atoms with E-state index in [1.165, 1.54) is 6.26 Å². The molecule has 2 atom stereocenters. The van der Waals surface area contributed by atoms with E-state index in [0.717, 1.165) is 29.5 Å². The lowest BCUT2D eigenvalue weighted by Crippen LogP contribution is -2.52. The zero-order valence-electron chi connectivity index (χ0n) is 16.0. The quantitative estimate of drug-likeness (QED) is 0.842. The lowest BCUT2D eigenvalue weighted by molar-refractivity contribution is -0.121. The molecule has 148 valence electrons. The summed E-state index contributed by atoms with van der Waals surface area (Å²) < 4.78 is 25.6. The molecule has 2 saturated heterocycles. The van der Waals surface area contributed by atoms with Crippen LogP contribution in [0.25, 0.3) is 11.1 Å². The maximum atomic E-state index is 12.5. The van der Waals surface area contributed by atoms with Gasteiger partial charge in [0.05, 0.1) is 12.7 Å². The number of benzene rings is 2. The largest absolute Gasteiger partial charge is 0.353 e. The topological polar surface area (TPSA) is 66.5 Å². The standard InChI is InChI=1S/C22H26N2O3S/c1-28(26,27)24-20-11-12-21(24)15-19(14-20)23-22(25)13-16-7-9-18(10-8-16)17-5-3-2-4-6-17/h2-10,19-21H,11-15H2,1H3,(H,23,25). The highest BCUT2D eigenvalue weighted by Crippen LogP contribution is 2.37. The molecule has 1 amide bonds. The van der Waals surface area contributed by atoms with Crippen molar-refractivity contribution in [2.24, 2.45) is 0 Å². The molecule has 0 radical (unpaired) electrons. The summed E-state index contributed by atoms with van der Waals surface area (Å²) >= 11 is 0. The summed E-state index contributed by atoms with van der Waals surface area (Å²) in [5, 5.41) is 3.13. The third-order valence-electron chi connectivity index (χ3n) is 5.84. The van der Waals surface area contributed by atoms with Crippen molar-refractivity contribution in [3.05, 3.63) is 60.2 Å². The normalized spacial score (nSPS) is 24.8. The predicted octanol–water partition coefficient (Wildman–Crippen LogP) is 2.97. The zero-order chi connectivity index (χ0) is 19.7. The molecule has 2 heterocycles. The molecule has 2 aliphatic rings. The summed E-state index contributed by atoms with van der Waals surface area (Å²) in [6, 6.07) is 18.4. The van der Waals surface area contributed by atoms with E-state index in [4.69, 9.17) is 0 Å². The van der Waals surface area contributed by atoms with Crippen LogP contribution in [0.2, 0.25) is 0 Å². The fourth-order valence-electron chi connectivity index (χ4n) is 4.70. The van der Waals surface area contributed by atoms with Crippen molar-refractivity contribution in [2.45, 2.75) is 50.2 Å². The van der Waals surface area contributed by atoms with Gasteiger partial charge in [-0.15, -0.1) is 0 Å². The van der Waals surface area contributed by atoms with Gasteiger partial charge < -0.3 is 5.32 Å². The Balaban J connectivity index is 1.34. The first kappa shape index (κ1) is 19.2. The average molecular weight is 399 g/mol. The number of piperidine rings is 1. The second kappa shape index (κ2) is 7.68. The maximum absolute atomic E-state index is 12.5. The molecule has 0 spiro atoms. The van der Waals surface area contributed by atoms with Crippen molar-refractivity contribution in [1.29, 1.82) is 0 Å². The van der Waals surface area contributed by atoms with Crippen LogP contribution in [-0.4, -0.2) is 43.0 Å². The highest BCUT2D eigenvalue weighted by atomic mass is 32.2. The third kappa shape index (κ3) is 4.13. The number of nitrogens with one attached hydrogen (secondary N) is 1. The van der Waals surface area contributed by atoms with E-state index in [-0.39, 0.29) is 24.0 Å². The number of carbonyl (C=O) groups is 1. The number of hydrogen-bond donors (Lipinski definition) is 1. The van der Waals surface area contributed by atoms with Gasteiger partial charge in [-0.1, -0.05) is 54.6 Å². The van der Waals surface area contributed by atoms with Gasteiger partial charge in [0.2, 0.25) is 15.9 Å². The van der Waals surface area contributed by atoms with E-state index in [9.17, 15) is 13.2 Å². The van der Waals surface area contributed by atoms with Gasteiger partial charge in [-0.2, -0.15) is 4.31 Å². The minimum absolute atomic E-state index is 0.00432. The minimum atomic E-state index is -3.17. The van der Waals surface area contributed by atoms with Gasteiger partial charge in [0.1, 0.15) is 0 Å². The Morgan fingerprint density at radius 1 is 0.964 bits per heavy atom. The Labute approximate surface area is 166 Å². The van der Waals surface area contributed by atoms with Crippen LogP contribution in [0.4, 0.5) is 0 Å². The van der Waals surface area contributed by atoms with Crippen molar-refractivity contribution >= 4 is 15.9 Å². The van der Waals surface area contributed by atoms with Crippen LogP contribution >= 0.6 is 0 Å². The van der Waals surface area contributed by atoms with Crippen LogP contribution < -0.4 is 5.32 Å². The van der Waals surface area contributed by atoms with Gasteiger partial charge in [-0.05, 0) is 42.4 Å². The van der Waals surface area contributed by atoms with E-state index >= 15 is 0 Å². The fourth-order valence-corrected chi connectivity index (χ4v) is 6.17. The summed E-state index contributed by atoms with van der Waals surface area (Å²) in [6.45, 7) is 0. The van der Waals surface area contributed by atoms with Crippen molar-refractivity contribution in [1.82, 2.24) is 9.62 Å². The summed E-state index contributed by atoms with van der Waals surface area (Å²) in [7, 11) is -3.17. The maximum Gasteiger partial charge on any atom is 0.224 e. The van der Waals surface area contributed by atoms with E-state index in [1.807, 2.05) is 42.5 Å². The monoisotopic (exact) mass is 398 g/mol. The molecule has 2 aromatic rings. The summed E-state index contributed by atoms with van der Waals surface area (Å²) in [4.78, 5) is 12.5. The molecule has 2 unspecified atom stereocenters. The molecule has 4 rings (SSSR count). The number of carbonyl (C=O) groups excluding carboxylic acids is 1. The Morgan fingerprint density at radius 2 is 1.54 bits per heavy atom. The number of hydrogen-bond acceptors (Lipinski definition) is 3. The van der Waals surface area contributed by atoms with Gasteiger partial charge in [-0.3, -0.25) is 4.79 Å². The molecular weight excluding hydrogens is 372 g/mol. The molecule has 5 nitrogen and oxygen atoms in total. The molecule has 2 aliphatic heterocycles. The van der Waals surface area contributed by atoms with Crippen LogP contribution in [0.1, 0.15) is 31.2 Å². The highest BCUT2D eigenvalue weighted by Gasteiger charge is 2.45. The van der Waals surface area contributed by atoms with E-state index in [2.05, 4.69) is 17.4 Å². The molecule has 2 fully saturated rings. The van der Waals surface area contributed by atoms with Gasteiger partial charge in [0.25, 0.3) is 0 Å². The van der Waals surface area contributed by atoms with Crippen LogP contribution in [0.15, 0.2) is 54.6 Å². The number of rotatable bonds is 5. The Hall–Kier alpha value is -2.18. The van der Waals surface area contributed by atoms with Gasteiger partial charge in [0, 0.05) is 18.1 Å². The molecule has 0 aliphatic carbocycles. The van der Waals surface area contributed by atoms with Gasteiger partial charge in [-0.25, -0.2) is 8.42 Å². The van der Waals surface area contributed by atoms with Crippen LogP contribution in [-0.2, 0) is 21.2 Å². The molecule has 28 heavy (non-hydrogen) atoms. The first-order valence-corrected chi connectivity index (χ1v) is 11.7. The first-order chi connectivity index (χ1) is 13.4. The second-order valence-electron chi connectivity index (χ2n) is 7.95. The minimum Gasteiger partial charge on any atom is -0.353 e. The van der Waals surface area contributed by atoms with E-state index in [0.29, 0.717) is 19.3 Å². The third-order valence-corrected chi connectivity index (χ3v) is 7.20. The predicted molar refractivity (Wildman–Crippen MR) is 110 cm³/mol. The molecule has 2 bridgehead atoms. The molecule has 0 saturated carbocycles. The Morgan fingerprint density at radius 3 is 2.11 bits per heavy atom. The Bertz CT molecular complexity index is 928. The smallest absolute Gasteiger partial charge is 0.224 e. The van der Waals surface area contributed by atoms with Crippen molar-refractivity contribution in [3.63, 3.8) is 0 Å². The van der Waals surface area contributed by atoms with Crippen LogP contribution in [0.5, 0.6) is 0 Å². The molecular formula is C22H26N2O3S. The lowest BCUT2D eigenvalue weighted by Gasteiger charge is -2.37.